The summed E-state index contributed by atoms with van der Waals surface area (Å²) in [7, 11) is 0. The molecule has 3 aliphatic rings. The van der Waals surface area contributed by atoms with E-state index in [0.29, 0.717) is 0 Å². The highest BCUT2D eigenvalue weighted by Gasteiger charge is 2.76. The quantitative estimate of drug-likeness (QED) is 0.717. The first-order valence-electron chi connectivity index (χ1n) is 9.58. The zero-order valence-corrected chi connectivity index (χ0v) is 15.0. The van der Waals surface area contributed by atoms with E-state index in [0.717, 1.165) is 60.6 Å². The molecule has 1 saturated heterocycles. The zero-order chi connectivity index (χ0) is 18.1. The van der Waals surface area contributed by atoms with Gasteiger partial charge in [-0.2, -0.15) is 10.4 Å². The number of fused-ring (bicyclic) bond motifs is 1. The van der Waals surface area contributed by atoms with E-state index in [1.807, 2.05) is 29.2 Å². The Labute approximate surface area is 156 Å². The average Bonchev–Trinajstić information content (AvgIpc) is 3.44. The number of pyridine rings is 1. The van der Waals surface area contributed by atoms with E-state index in [-0.39, 0.29) is 5.41 Å². The Morgan fingerprint density at radius 3 is 2.56 bits per heavy atom. The summed E-state index contributed by atoms with van der Waals surface area (Å²) in [5.74, 6) is 1.70. The van der Waals surface area contributed by atoms with Crippen LogP contribution >= 0.6 is 0 Å². The normalized spacial score (nSPS) is 25.1. The molecule has 7 heteroatoms. The number of nitriles is 1. The molecule has 1 unspecified atom stereocenters. The molecule has 2 saturated carbocycles. The van der Waals surface area contributed by atoms with Crippen molar-refractivity contribution in [3.63, 3.8) is 0 Å². The van der Waals surface area contributed by atoms with E-state index in [1.165, 1.54) is 12.8 Å². The first kappa shape index (κ1) is 15.1. The van der Waals surface area contributed by atoms with Gasteiger partial charge in [0.15, 0.2) is 5.82 Å². The van der Waals surface area contributed by atoms with Crippen molar-refractivity contribution in [2.45, 2.75) is 37.5 Å². The van der Waals surface area contributed by atoms with Crippen molar-refractivity contribution in [1.82, 2.24) is 24.7 Å². The molecule has 0 aromatic carbocycles. The maximum atomic E-state index is 9.81. The minimum absolute atomic E-state index is 0.200. The lowest BCUT2D eigenvalue weighted by Gasteiger charge is -2.16. The van der Waals surface area contributed by atoms with Crippen molar-refractivity contribution >= 4 is 16.7 Å². The van der Waals surface area contributed by atoms with Crippen LogP contribution in [0.2, 0.25) is 0 Å². The number of rotatable bonds is 3. The van der Waals surface area contributed by atoms with E-state index in [1.54, 1.807) is 6.33 Å². The standard InChI is InChI=1S/C20H19N7/c21-12-20(11-19(20)3-4-19)16-7-15-14(9-22-16)10-25-27(15)18-8-17(23-13-24-18)26-5-1-2-6-26/h7-10,13H,1-6,11H2. The number of hydrogen-bond acceptors (Lipinski definition) is 6. The summed E-state index contributed by atoms with van der Waals surface area (Å²) in [6.45, 7) is 2.08. The molecule has 1 spiro atoms. The Morgan fingerprint density at radius 2 is 1.81 bits per heavy atom. The molecule has 0 radical (unpaired) electrons. The van der Waals surface area contributed by atoms with Crippen LogP contribution in [-0.4, -0.2) is 37.8 Å². The first-order valence-corrected chi connectivity index (χ1v) is 9.58. The number of anilines is 1. The van der Waals surface area contributed by atoms with Crippen molar-refractivity contribution in [2.75, 3.05) is 18.0 Å². The van der Waals surface area contributed by atoms with Crippen LogP contribution in [0, 0.1) is 16.7 Å². The third kappa shape index (κ3) is 2.01. The van der Waals surface area contributed by atoms with Crippen LogP contribution in [0.5, 0.6) is 0 Å². The molecule has 2 aliphatic carbocycles. The maximum absolute atomic E-state index is 9.81. The summed E-state index contributed by atoms with van der Waals surface area (Å²) >= 11 is 0. The van der Waals surface area contributed by atoms with Gasteiger partial charge in [-0.3, -0.25) is 4.98 Å². The summed E-state index contributed by atoms with van der Waals surface area (Å²) in [6, 6.07) is 6.59. The van der Waals surface area contributed by atoms with Crippen molar-refractivity contribution in [3.8, 4) is 11.9 Å². The van der Waals surface area contributed by atoms with Gasteiger partial charge in [-0.05, 0) is 43.6 Å². The highest BCUT2D eigenvalue weighted by molar-refractivity contribution is 5.80. The highest BCUT2D eigenvalue weighted by atomic mass is 15.3. The number of aromatic nitrogens is 5. The van der Waals surface area contributed by atoms with Gasteiger partial charge in [-0.15, -0.1) is 0 Å². The molecule has 0 N–H and O–H groups in total. The van der Waals surface area contributed by atoms with Crippen molar-refractivity contribution in [2.24, 2.45) is 5.41 Å². The fourth-order valence-electron chi connectivity index (χ4n) is 4.70. The van der Waals surface area contributed by atoms with Gasteiger partial charge in [-0.1, -0.05) is 0 Å². The molecule has 1 aliphatic heterocycles. The molecule has 0 amide bonds. The predicted octanol–water partition coefficient (Wildman–Crippen LogP) is 2.76. The largest absolute Gasteiger partial charge is 0.356 e. The van der Waals surface area contributed by atoms with E-state index >= 15 is 0 Å². The van der Waals surface area contributed by atoms with E-state index in [2.05, 4.69) is 31.0 Å². The summed E-state index contributed by atoms with van der Waals surface area (Å²) in [5.41, 5.74) is 1.63. The average molecular weight is 357 g/mol. The Bertz CT molecular complexity index is 1100. The second-order valence-corrected chi connectivity index (χ2v) is 8.09. The second-order valence-electron chi connectivity index (χ2n) is 8.09. The minimum atomic E-state index is -0.400. The Hall–Kier alpha value is -3.01. The van der Waals surface area contributed by atoms with Crippen LogP contribution in [-0.2, 0) is 5.41 Å². The van der Waals surface area contributed by atoms with Crippen LogP contribution < -0.4 is 4.90 Å². The van der Waals surface area contributed by atoms with E-state index in [9.17, 15) is 5.26 Å². The van der Waals surface area contributed by atoms with Gasteiger partial charge in [0.2, 0.25) is 0 Å². The molecular formula is C20H19N7. The van der Waals surface area contributed by atoms with Gasteiger partial charge in [0.25, 0.3) is 0 Å². The molecule has 3 aromatic rings. The smallest absolute Gasteiger partial charge is 0.159 e. The third-order valence-corrected chi connectivity index (χ3v) is 6.60. The zero-order valence-electron chi connectivity index (χ0n) is 15.0. The summed E-state index contributed by atoms with van der Waals surface area (Å²) in [4.78, 5) is 15.8. The van der Waals surface area contributed by atoms with Gasteiger partial charge in [0.05, 0.1) is 23.5 Å². The van der Waals surface area contributed by atoms with Gasteiger partial charge in [0, 0.05) is 30.7 Å². The molecule has 134 valence electrons. The lowest BCUT2D eigenvalue weighted by Crippen LogP contribution is -2.19. The lowest BCUT2D eigenvalue weighted by molar-refractivity contribution is 0.715. The maximum Gasteiger partial charge on any atom is 0.159 e. The fraction of sp³-hybridized carbons (Fsp3) is 0.450. The lowest BCUT2D eigenvalue weighted by atomic mass is 9.98. The molecule has 27 heavy (non-hydrogen) atoms. The SMILES string of the molecule is N#CC1(c2cc3c(cn2)cnn3-c2cc(N3CCCC3)ncn2)CC12CC2. The number of hydrogen-bond donors (Lipinski definition) is 0. The van der Waals surface area contributed by atoms with Crippen molar-refractivity contribution < 1.29 is 0 Å². The molecule has 6 rings (SSSR count). The summed E-state index contributed by atoms with van der Waals surface area (Å²) in [5, 5.41) is 15.3. The predicted molar refractivity (Wildman–Crippen MR) is 99.5 cm³/mol. The van der Waals surface area contributed by atoms with Crippen molar-refractivity contribution in [1.29, 1.82) is 5.26 Å². The molecule has 7 nitrogen and oxygen atoms in total. The molecule has 0 bridgehead atoms. The molecule has 4 heterocycles. The first-order chi connectivity index (χ1) is 13.2. The Kier molecular flexibility index (Phi) is 2.81. The van der Waals surface area contributed by atoms with Gasteiger partial charge in [0.1, 0.15) is 17.6 Å². The fourth-order valence-corrected chi connectivity index (χ4v) is 4.70. The molecule has 1 atom stereocenters. The molecular weight excluding hydrogens is 338 g/mol. The summed E-state index contributed by atoms with van der Waals surface area (Å²) in [6.07, 6.45) is 10.9. The summed E-state index contributed by atoms with van der Waals surface area (Å²) < 4.78 is 1.84. The van der Waals surface area contributed by atoms with Crippen LogP contribution in [0.3, 0.4) is 0 Å². The highest BCUT2D eigenvalue weighted by Crippen LogP contribution is 2.78. The monoisotopic (exact) mass is 357 g/mol. The second kappa shape index (κ2) is 5.03. The number of nitrogens with zero attached hydrogens (tertiary/aromatic N) is 7. The van der Waals surface area contributed by atoms with Crippen LogP contribution in [0.15, 0.2) is 30.9 Å². The van der Waals surface area contributed by atoms with Crippen LogP contribution in [0.25, 0.3) is 16.7 Å². The van der Waals surface area contributed by atoms with Gasteiger partial charge in [-0.25, -0.2) is 14.6 Å². The Balaban J connectivity index is 1.45. The van der Waals surface area contributed by atoms with Gasteiger partial charge < -0.3 is 4.90 Å². The van der Waals surface area contributed by atoms with E-state index < -0.39 is 5.41 Å². The molecule has 3 aromatic heterocycles. The van der Waals surface area contributed by atoms with Crippen molar-refractivity contribution in [3.05, 3.63) is 36.5 Å². The van der Waals surface area contributed by atoms with E-state index in [4.69, 9.17) is 0 Å². The van der Waals surface area contributed by atoms with Crippen LogP contribution in [0.1, 0.15) is 37.8 Å². The van der Waals surface area contributed by atoms with Crippen LogP contribution in [0.4, 0.5) is 5.82 Å². The molecule has 3 fully saturated rings. The minimum Gasteiger partial charge on any atom is -0.356 e. The van der Waals surface area contributed by atoms with Gasteiger partial charge >= 0.3 is 0 Å². The third-order valence-electron chi connectivity index (χ3n) is 6.60. The topological polar surface area (TPSA) is 83.5 Å². The Morgan fingerprint density at radius 1 is 1.00 bits per heavy atom.